The van der Waals surface area contributed by atoms with Gasteiger partial charge in [-0.05, 0) is 62.2 Å². The Morgan fingerprint density at radius 2 is 1.72 bits per heavy atom. The second-order valence-corrected chi connectivity index (χ2v) is 10.9. The molecule has 0 aliphatic carbocycles. The monoisotopic (exact) mass is 540 g/mol. The lowest BCUT2D eigenvalue weighted by Crippen LogP contribution is -2.51. The van der Waals surface area contributed by atoms with Gasteiger partial charge in [0.05, 0.1) is 18.0 Å². The lowest BCUT2D eigenvalue weighted by molar-refractivity contribution is -0.122. The number of aryl methyl sites for hydroxylation is 1. The number of rotatable bonds is 3. The summed E-state index contributed by atoms with van der Waals surface area (Å²) >= 11 is 3.44. The molecule has 5 nitrogen and oxygen atoms in total. The third kappa shape index (κ3) is 2.97. The molecule has 3 aliphatic heterocycles. The molecule has 0 saturated carbocycles. The molecule has 1 N–H and O–H groups in total. The van der Waals surface area contributed by atoms with E-state index in [2.05, 4.69) is 33.4 Å². The van der Waals surface area contributed by atoms with E-state index in [1.807, 2.05) is 67.3 Å². The molecular formula is C30H25BrN2O3. The minimum absolute atomic E-state index is 0.135. The van der Waals surface area contributed by atoms with E-state index in [1.165, 1.54) is 6.92 Å². The normalized spacial score (nSPS) is 25.7. The SMILES string of the molecule is CC(=O)[C@@H]1[C@H](C(=O)c2ccc(Br)cc2)[C@]2(C(=O)Nc3ccccc32)[C@H]2C=C(C)c3cc(C)ccc3N12. The summed E-state index contributed by atoms with van der Waals surface area (Å²) in [4.78, 5) is 44.0. The van der Waals surface area contributed by atoms with Gasteiger partial charge in [0.15, 0.2) is 11.6 Å². The average molecular weight is 541 g/mol. The molecule has 3 aromatic rings. The minimum Gasteiger partial charge on any atom is -0.352 e. The van der Waals surface area contributed by atoms with Crippen molar-refractivity contribution in [2.45, 2.75) is 38.3 Å². The molecule has 0 radical (unpaired) electrons. The zero-order valence-electron chi connectivity index (χ0n) is 20.2. The third-order valence-electron chi connectivity index (χ3n) is 7.96. The van der Waals surface area contributed by atoms with Gasteiger partial charge in [-0.2, -0.15) is 0 Å². The van der Waals surface area contributed by atoms with Crippen molar-refractivity contribution < 1.29 is 14.4 Å². The summed E-state index contributed by atoms with van der Waals surface area (Å²) in [7, 11) is 0. The van der Waals surface area contributed by atoms with Crippen molar-refractivity contribution in [2.24, 2.45) is 5.92 Å². The van der Waals surface area contributed by atoms with Gasteiger partial charge in [0.2, 0.25) is 5.91 Å². The number of anilines is 2. The van der Waals surface area contributed by atoms with Crippen LogP contribution in [0, 0.1) is 12.8 Å². The number of carbonyl (C=O) groups is 3. The number of allylic oxidation sites excluding steroid dienone is 1. The number of halogens is 1. The Labute approximate surface area is 218 Å². The van der Waals surface area contributed by atoms with E-state index in [9.17, 15) is 14.4 Å². The largest absolute Gasteiger partial charge is 0.352 e. The predicted molar refractivity (Wildman–Crippen MR) is 144 cm³/mol. The van der Waals surface area contributed by atoms with Crippen molar-refractivity contribution in [2.75, 3.05) is 10.2 Å². The van der Waals surface area contributed by atoms with Crippen molar-refractivity contribution in [3.8, 4) is 0 Å². The molecule has 3 aliphatic rings. The fourth-order valence-corrected chi connectivity index (χ4v) is 6.76. The predicted octanol–water partition coefficient (Wildman–Crippen LogP) is 5.71. The molecule has 3 aromatic carbocycles. The fraction of sp³-hybridized carbons (Fsp3) is 0.233. The molecule has 0 aromatic heterocycles. The van der Waals surface area contributed by atoms with Crippen LogP contribution >= 0.6 is 15.9 Å². The lowest BCUT2D eigenvalue weighted by Gasteiger charge is -2.39. The van der Waals surface area contributed by atoms with Crippen LogP contribution in [0.5, 0.6) is 0 Å². The van der Waals surface area contributed by atoms with E-state index in [1.54, 1.807) is 12.1 Å². The first-order valence-electron chi connectivity index (χ1n) is 12.0. The van der Waals surface area contributed by atoms with Gasteiger partial charge in [0.25, 0.3) is 0 Å². The van der Waals surface area contributed by atoms with Crippen LogP contribution in [-0.4, -0.2) is 29.6 Å². The van der Waals surface area contributed by atoms with Gasteiger partial charge in [0, 0.05) is 27.0 Å². The number of amides is 1. The Balaban J connectivity index is 1.68. The summed E-state index contributed by atoms with van der Waals surface area (Å²) in [5.74, 6) is -1.48. The molecule has 6 rings (SSSR count). The molecule has 1 saturated heterocycles. The Bertz CT molecular complexity index is 1490. The fourth-order valence-electron chi connectivity index (χ4n) is 6.49. The Morgan fingerprint density at radius 1 is 1.00 bits per heavy atom. The Hall–Kier alpha value is -3.51. The molecule has 4 atom stereocenters. The van der Waals surface area contributed by atoms with Crippen molar-refractivity contribution in [1.29, 1.82) is 0 Å². The second-order valence-electron chi connectivity index (χ2n) is 10.00. The van der Waals surface area contributed by atoms with Gasteiger partial charge in [-0.1, -0.05) is 64.0 Å². The number of para-hydroxylation sites is 1. The highest BCUT2D eigenvalue weighted by atomic mass is 79.9. The van der Waals surface area contributed by atoms with Crippen molar-refractivity contribution in [3.05, 3.63) is 99.5 Å². The zero-order chi connectivity index (χ0) is 25.4. The summed E-state index contributed by atoms with van der Waals surface area (Å²) in [6, 6.07) is 19.5. The average Bonchev–Trinajstić information content (AvgIpc) is 3.32. The molecule has 1 spiro atoms. The van der Waals surface area contributed by atoms with E-state index in [-0.39, 0.29) is 17.5 Å². The van der Waals surface area contributed by atoms with Crippen LogP contribution in [0.15, 0.2) is 77.3 Å². The molecule has 1 fully saturated rings. The van der Waals surface area contributed by atoms with Crippen LogP contribution in [0.3, 0.4) is 0 Å². The van der Waals surface area contributed by atoms with Gasteiger partial charge in [-0.3, -0.25) is 14.4 Å². The highest BCUT2D eigenvalue weighted by Gasteiger charge is 2.70. The Kier molecular flexibility index (Phi) is 5.09. The maximum absolute atomic E-state index is 14.4. The summed E-state index contributed by atoms with van der Waals surface area (Å²) in [6.45, 7) is 5.60. The molecule has 3 heterocycles. The summed E-state index contributed by atoms with van der Waals surface area (Å²) < 4.78 is 0.854. The number of ketones is 2. The van der Waals surface area contributed by atoms with Crippen molar-refractivity contribution >= 4 is 50.4 Å². The summed E-state index contributed by atoms with van der Waals surface area (Å²) in [6.07, 6.45) is 2.08. The van der Waals surface area contributed by atoms with Crippen molar-refractivity contribution in [1.82, 2.24) is 0 Å². The van der Waals surface area contributed by atoms with E-state index in [4.69, 9.17) is 0 Å². The maximum atomic E-state index is 14.4. The van der Waals surface area contributed by atoms with Gasteiger partial charge < -0.3 is 10.2 Å². The quantitative estimate of drug-likeness (QED) is 0.432. The van der Waals surface area contributed by atoms with Gasteiger partial charge >= 0.3 is 0 Å². The van der Waals surface area contributed by atoms with Crippen LogP contribution in [-0.2, 0) is 15.0 Å². The molecule has 6 heteroatoms. The molecular weight excluding hydrogens is 516 g/mol. The van der Waals surface area contributed by atoms with Gasteiger partial charge in [0.1, 0.15) is 5.41 Å². The molecule has 0 bridgehead atoms. The maximum Gasteiger partial charge on any atom is 0.238 e. The van der Waals surface area contributed by atoms with E-state index >= 15 is 0 Å². The molecule has 1 amide bonds. The number of carbonyl (C=O) groups excluding carboxylic acids is 3. The first-order chi connectivity index (χ1) is 17.2. The highest BCUT2D eigenvalue weighted by molar-refractivity contribution is 9.10. The molecule has 0 unspecified atom stereocenters. The number of fused-ring (bicyclic) bond motifs is 6. The number of benzene rings is 3. The third-order valence-corrected chi connectivity index (χ3v) is 8.49. The molecule has 180 valence electrons. The van der Waals surface area contributed by atoms with Crippen LogP contribution in [0.25, 0.3) is 5.57 Å². The lowest BCUT2D eigenvalue weighted by atomic mass is 9.64. The smallest absolute Gasteiger partial charge is 0.238 e. The minimum atomic E-state index is -1.25. The van der Waals surface area contributed by atoms with Crippen LogP contribution in [0.1, 0.15) is 40.9 Å². The van der Waals surface area contributed by atoms with Gasteiger partial charge in [-0.15, -0.1) is 0 Å². The van der Waals surface area contributed by atoms with E-state index in [0.717, 1.165) is 32.4 Å². The summed E-state index contributed by atoms with van der Waals surface area (Å²) in [5, 5.41) is 3.05. The van der Waals surface area contributed by atoms with Crippen LogP contribution in [0.2, 0.25) is 0 Å². The van der Waals surface area contributed by atoms with Gasteiger partial charge in [-0.25, -0.2) is 0 Å². The topological polar surface area (TPSA) is 66.5 Å². The number of nitrogens with one attached hydrogen (secondary N) is 1. The number of hydrogen-bond acceptors (Lipinski definition) is 4. The van der Waals surface area contributed by atoms with Crippen LogP contribution in [0.4, 0.5) is 11.4 Å². The van der Waals surface area contributed by atoms with Crippen LogP contribution < -0.4 is 10.2 Å². The zero-order valence-corrected chi connectivity index (χ0v) is 21.8. The van der Waals surface area contributed by atoms with E-state index in [0.29, 0.717) is 11.3 Å². The second kappa shape index (κ2) is 8.00. The highest BCUT2D eigenvalue weighted by Crippen LogP contribution is 2.58. The Morgan fingerprint density at radius 3 is 2.44 bits per heavy atom. The number of nitrogens with zero attached hydrogens (tertiary/aromatic N) is 1. The molecule has 36 heavy (non-hydrogen) atoms. The number of Topliss-reactive ketones (excluding diaryl/α,β-unsaturated/α-hetero) is 2. The van der Waals surface area contributed by atoms with Crippen molar-refractivity contribution in [3.63, 3.8) is 0 Å². The number of hydrogen-bond donors (Lipinski definition) is 1. The first kappa shape index (κ1) is 22.9. The first-order valence-corrected chi connectivity index (χ1v) is 12.8. The van der Waals surface area contributed by atoms with E-state index < -0.39 is 23.4 Å². The summed E-state index contributed by atoms with van der Waals surface area (Å²) in [5.41, 5.74) is 4.75. The standard InChI is InChI=1S/C30H25BrN2O3/c1-16-8-13-24-21(14-16)17(2)15-25-30(22-6-4-5-7-23(22)32-29(30)36)26(27(18(3)34)33(24)25)28(35)19-9-11-20(31)12-10-19/h4-15,25-27H,1-3H3,(H,32,36)/t25-,26-,27-,30-/m1/s1.